The molecule has 3 fully saturated rings. The smallest absolute Gasteiger partial charge is 0.328 e. The van der Waals surface area contributed by atoms with Crippen molar-refractivity contribution in [3.63, 3.8) is 0 Å². The lowest BCUT2D eigenvalue weighted by Crippen LogP contribution is -2.82. The third-order valence-corrected chi connectivity index (χ3v) is 9.74. The zero-order chi connectivity index (χ0) is 31.6. The molecule has 10 nitrogen and oxygen atoms in total. The number of anilines is 1. The number of fused-ring (bicyclic) bond motifs is 1. The second-order valence-corrected chi connectivity index (χ2v) is 12.4. The van der Waals surface area contributed by atoms with Gasteiger partial charge in [0.15, 0.2) is 0 Å². The van der Waals surface area contributed by atoms with Crippen LogP contribution in [0.1, 0.15) is 73.1 Å². The highest BCUT2D eigenvalue weighted by Gasteiger charge is 2.66. The fourth-order valence-corrected chi connectivity index (χ4v) is 7.43. The molecule has 2 N–H and O–H groups in total. The lowest BCUT2D eigenvalue weighted by Gasteiger charge is -2.62. The number of amides is 3. The Morgan fingerprint density at radius 1 is 0.795 bits per heavy atom. The van der Waals surface area contributed by atoms with E-state index in [0.29, 0.717) is 29.3 Å². The van der Waals surface area contributed by atoms with Crippen LogP contribution >= 0.6 is 0 Å². The minimum atomic E-state index is -1.26. The number of hydrogen-bond acceptors (Lipinski definition) is 6. The van der Waals surface area contributed by atoms with E-state index in [1.165, 1.54) is 30.6 Å². The molecule has 1 saturated carbocycles. The molecule has 0 bridgehead atoms. The Morgan fingerprint density at radius 3 is 1.77 bits per heavy atom. The molecule has 0 radical (unpaired) electrons. The summed E-state index contributed by atoms with van der Waals surface area (Å²) in [6.07, 6.45) is 7.68. The summed E-state index contributed by atoms with van der Waals surface area (Å²) in [6, 6.07) is 16.5. The minimum Gasteiger partial charge on any atom is -0.478 e. The number of nitrogens with zero attached hydrogens (tertiary/aromatic N) is 3. The van der Waals surface area contributed by atoms with E-state index in [4.69, 9.17) is 10.2 Å². The van der Waals surface area contributed by atoms with Gasteiger partial charge in [-0.25, -0.2) is 9.59 Å². The standard InChI is InChI=1S/C30H35N3O3.C4H4O4/c1-20(2)21-12-14-22(15-13-21)31-18-16-30(17-19-31)26(29(36)33(30)23-8-4-3-5-9-23)32-27(34)24-10-6-7-11-25(24)28(32)35;5-3(6)1-2-4(7)8/h3-11,20-22,26H,12-19H2,1-2H3;1-2H,(H,5,6)(H,7,8). The van der Waals surface area contributed by atoms with Gasteiger partial charge in [-0.1, -0.05) is 44.2 Å². The summed E-state index contributed by atoms with van der Waals surface area (Å²) in [5, 5.41) is 15.6. The second kappa shape index (κ2) is 12.7. The summed E-state index contributed by atoms with van der Waals surface area (Å²) < 4.78 is 0. The first-order valence-corrected chi connectivity index (χ1v) is 15.3. The molecule has 10 heteroatoms. The van der Waals surface area contributed by atoms with Crippen molar-refractivity contribution in [1.82, 2.24) is 9.80 Å². The molecular formula is C34H39N3O7. The topological polar surface area (TPSA) is 136 Å². The SMILES string of the molecule is CC(C)C1CCC(N2CCC3(CC2)C(N2C(=O)c4ccccc4C2=O)C(=O)N3c2ccccc2)CC1.O=C(O)C=CC(=O)O. The van der Waals surface area contributed by atoms with Crippen molar-refractivity contribution in [1.29, 1.82) is 0 Å². The molecular weight excluding hydrogens is 562 g/mol. The van der Waals surface area contributed by atoms with Gasteiger partial charge in [0.05, 0.1) is 16.7 Å². The van der Waals surface area contributed by atoms with Gasteiger partial charge in [0.1, 0.15) is 6.04 Å². The van der Waals surface area contributed by atoms with Gasteiger partial charge in [-0.15, -0.1) is 0 Å². The first-order valence-electron chi connectivity index (χ1n) is 15.3. The molecule has 1 atom stereocenters. The molecule has 3 heterocycles. The molecule has 1 unspecified atom stereocenters. The van der Waals surface area contributed by atoms with Crippen molar-refractivity contribution in [3.8, 4) is 0 Å². The lowest BCUT2D eigenvalue weighted by molar-refractivity contribution is -0.138. The molecule has 2 aromatic rings. The number of carbonyl (C=O) groups is 5. The summed E-state index contributed by atoms with van der Waals surface area (Å²) in [5.41, 5.74) is 1.10. The number of β-lactam (4-membered cyclic amide) rings is 1. The number of carbonyl (C=O) groups excluding carboxylic acids is 3. The van der Waals surface area contributed by atoms with E-state index in [-0.39, 0.29) is 17.7 Å². The highest BCUT2D eigenvalue weighted by molar-refractivity contribution is 6.25. The number of carboxylic acids is 2. The third-order valence-electron chi connectivity index (χ3n) is 9.74. The maximum absolute atomic E-state index is 13.7. The summed E-state index contributed by atoms with van der Waals surface area (Å²) in [7, 11) is 0. The predicted molar refractivity (Wildman–Crippen MR) is 163 cm³/mol. The number of rotatable bonds is 6. The Labute approximate surface area is 256 Å². The van der Waals surface area contributed by atoms with E-state index in [9.17, 15) is 24.0 Å². The molecule has 6 rings (SSSR count). The number of hydrogen-bond donors (Lipinski definition) is 2. The van der Waals surface area contributed by atoms with Crippen molar-refractivity contribution < 1.29 is 34.2 Å². The number of benzene rings is 2. The maximum Gasteiger partial charge on any atom is 0.328 e. The Kier molecular flexibility index (Phi) is 9.01. The Hall–Kier alpha value is -4.31. The highest BCUT2D eigenvalue weighted by Crippen LogP contribution is 2.49. The lowest BCUT2D eigenvalue weighted by atomic mass is 9.69. The molecule has 4 aliphatic rings. The number of para-hydroxylation sites is 1. The molecule has 44 heavy (non-hydrogen) atoms. The number of piperidine rings is 1. The first kappa shape index (κ1) is 31.1. The Balaban J connectivity index is 0.000000426. The summed E-state index contributed by atoms with van der Waals surface area (Å²) in [6.45, 7) is 6.43. The second-order valence-electron chi connectivity index (χ2n) is 12.4. The van der Waals surface area contributed by atoms with E-state index >= 15 is 0 Å². The van der Waals surface area contributed by atoms with Crippen LogP contribution in [0.4, 0.5) is 5.69 Å². The van der Waals surface area contributed by atoms with Gasteiger partial charge in [0, 0.05) is 37.0 Å². The molecule has 0 aromatic heterocycles. The van der Waals surface area contributed by atoms with Crippen molar-refractivity contribution in [2.24, 2.45) is 11.8 Å². The zero-order valence-corrected chi connectivity index (χ0v) is 25.1. The van der Waals surface area contributed by atoms with Crippen LogP contribution < -0.4 is 4.90 Å². The van der Waals surface area contributed by atoms with Crippen molar-refractivity contribution in [3.05, 3.63) is 77.9 Å². The van der Waals surface area contributed by atoms with Gasteiger partial charge in [0.2, 0.25) is 0 Å². The van der Waals surface area contributed by atoms with Gasteiger partial charge in [-0.2, -0.15) is 0 Å². The predicted octanol–water partition coefficient (Wildman–Crippen LogP) is 4.46. The van der Waals surface area contributed by atoms with E-state index < -0.39 is 23.5 Å². The fraction of sp³-hybridized carbons (Fsp3) is 0.441. The minimum absolute atomic E-state index is 0.151. The molecule has 1 aliphatic carbocycles. The monoisotopic (exact) mass is 601 g/mol. The van der Waals surface area contributed by atoms with Gasteiger partial charge >= 0.3 is 11.9 Å². The van der Waals surface area contributed by atoms with Crippen LogP contribution in [-0.2, 0) is 14.4 Å². The average Bonchev–Trinajstić information content (AvgIpc) is 3.26. The van der Waals surface area contributed by atoms with Crippen LogP contribution in [0.15, 0.2) is 66.7 Å². The first-order chi connectivity index (χ1) is 21.0. The molecule has 232 valence electrons. The molecule has 3 aliphatic heterocycles. The summed E-state index contributed by atoms with van der Waals surface area (Å²) >= 11 is 0. The number of carboxylic acid groups (broad SMARTS) is 2. The van der Waals surface area contributed by atoms with Crippen LogP contribution in [0.3, 0.4) is 0 Å². The van der Waals surface area contributed by atoms with E-state index in [2.05, 4.69) is 18.7 Å². The van der Waals surface area contributed by atoms with Crippen LogP contribution in [0.2, 0.25) is 0 Å². The van der Waals surface area contributed by atoms with E-state index in [1.54, 1.807) is 24.3 Å². The van der Waals surface area contributed by atoms with Crippen LogP contribution in [0.5, 0.6) is 0 Å². The van der Waals surface area contributed by atoms with Crippen LogP contribution in [0.25, 0.3) is 0 Å². The fourth-order valence-electron chi connectivity index (χ4n) is 7.43. The van der Waals surface area contributed by atoms with Gasteiger partial charge in [-0.05, 0) is 74.6 Å². The number of likely N-dealkylation sites (tertiary alicyclic amines) is 1. The largest absolute Gasteiger partial charge is 0.478 e. The molecule has 3 amide bonds. The molecule has 2 saturated heterocycles. The number of imide groups is 1. The van der Waals surface area contributed by atoms with Gasteiger partial charge in [0.25, 0.3) is 17.7 Å². The quantitative estimate of drug-likeness (QED) is 0.282. The third kappa shape index (κ3) is 5.78. The van der Waals surface area contributed by atoms with Crippen molar-refractivity contribution in [2.75, 3.05) is 18.0 Å². The van der Waals surface area contributed by atoms with Crippen molar-refractivity contribution >= 4 is 35.3 Å². The van der Waals surface area contributed by atoms with Crippen LogP contribution in [0, 0.1) is 11.8 Å². The number of aliphatic carboxylic acids is 2. The van der Waals surface area contributed by atoms with Gasteiger partial charge < -0.3 is 20.0 Å². The van der Waals surface area contributed by atoms with Gasteiger partial charge in [-0.3, -0.25) is 19.3 Å². The summed E-state index contributed by atoms with van der Waals surface area (Å²) in [5.74, 6) is -1.77. The van der Waals surface area contributed by atoms with Crippen LogP contribution in [-0.4, -0.2) is 80.4 Å². The summed E-state index contributed by atoms with van der Waals surface area (Å²) in [4.78, 5) is 65.3. The zero-order valence-electron chi connectivity index (χ0n) is 25.1. The molecule has 2 aromatic carbocycles. The normalized spacial score (nSPS) is 24.7. The van der Waals surface area contributed by atoms with E-state index in [1.807, 2.05) is 35.2 Å². The molecule has 1 spiro atoms. The Bertz CT molecular complexity index is 1400. The highest BCUT2D eigenvalue weighted by atomic mass is 16.4. The maximum atomic E-state index is 13.7. The average molecular weight is 602 g/mol. The Morgan fingerprint density at radius 2 is 1.30 bits per heavy atom. The van der Waals surface area contributed by atoms with E-state index in [0.717, 1.165) is 43.5 Å². The van der Waals surface area contributed by atoms with Crippen molar-refractivity contribution in [2.45, 2.75) is 70.0 Å².